The lowest BCUT2D eigenvalue weighted by atomic mass is 10.2. The highest BCUT2D eigenvalue weighted by molar-refractivity contribution is 5.91. The van der Waals surface area contributed by atoms with Crippen molar-refractivity contribution < 1.29 is 9.53 Å². The third-order valence-electron chi connectivity index (χ3n) is 3.48. The smallest absolute Gasteiger partial charge is 0.287 e. The van der Waals surface area contributed by atoms with Crippen LogP contribution in [0.25, 0.3) is 0 Å². The van der Waals surface area contributed by atoms with E-state index in [1.807, 2.05) is 5.43 Å². The summed E-state index contributed by atoms with van der Waals surface area (Å²) < 4.78 is 7.30. The minimum atomic E-state index is -0.428. The zero-order valence-electron chi connectivity index (χ0n) is 11.8. The van der Waals surface area contributed by atoms with Gasteiger partial charge in [-0.1, -0.05) is 12.1 Å². The second-order valence-corrected chi connectivity index (χ2v) is 4.87. The lowest BCUT2D eigenvalue weighted by molar-refractivity contribution is 0.0733. The van der Waals surface area contributed by atoms with Crippen molar-refractivity contribution in [1.82, 2.24) is 25.3 Å². The molecule has 0 radical (unpaired) electrons. The minimum absolute atomic E-state index is 0.231. The fraction of sp³-hybridized carbons (Fsp3) is 0.750. The number of aromatic nitrogens is 3. The summed E-state index contributed by atoms with van der Waals surface area (Å²) in [5.74, 6) is 4.62. The van der Waals surface area contributed by atoms with Crippen molar-refractivity contribution in [1.29, 1.82) is 0 Å². The second kappa shape index (κ2) is 7.32. The summed E-state index contributed by atoms with van der Waals surface area (Å²) in [6, 6.07) is 0. The lowest BCUT2D eigenvalue weighted by Gasteiger charge is -2.23. The number of nitrogen functional groups attached to an aromatic ring is 1. The molecule has 1 atom stereocenters. The van der Waals surface area contributed by atoms with Gasteiger partial charge in [-0.3, -0.25) is 19.8 Å². The van der Waals surface area contributed by atoms with E-state index in [4.69, 9.17) is 10.6 Å². The third kappa shape index (κ3) is 3.99. The maximum absolute atomic E-state index is 11.3. The summed E-state index contributed by atoms with van der Waals surface area (Å²) in [4.78, 5) is 13.6. The van der Waals surface area contributed by atoms with Crippen LogP contribution in [0.2, 0.25) is 0 Å². The molecule has 0 aromatic carbocycles. The van der Waals surface area contributed by atoms with Crippen molar-refractivity contribution in [2.75, 3.05) is 26.2 Å². The maximum atomic E-state index is 11.3. The first-order chi connectivity index (χ1) is 9.72. The van der Waals surface area contributed by atoms with Crippen molar-refractivity contribution in [3.8, 4) is 0 Å². The van der Waals surface area contributed by atoms with E-state index in [9.17, 15) is 4.79 Å². The van der Waals surface area contributed by atoms with E-state index in [0.29, 0.717) is 12.6 Å². The molecule has 0 saturated carbocycles. The Kier molecular flexibility index (Phi) is 5.45. The van der Waals surface area contributed by atoms with Crippen LogP contribution in [-0.2, 0) is 11.3 Å². The summed E-state index contributed by atoms with van der Waals surface area (Å²) in [6.45, 7) is 6.45. The van der Waals surface area contributed by atoms with Gasteiger partial charge >= 0.3 is 0 Å². The van der Waals surface area contributed by atoms with Gasteiger partial charge in [-0.2, -0.15) is 0 Å². The van der Waals surface area contributed by atoms with E-state index in [0.717, 1.165) is 39.1 Å². The number of likely N-dealkylation sites (N-methyl/N-ethyl adjacent to an activating group) is 1. The molecule has 20 heavy (non-hydrogen) atoms. The molecule has 1 amide bonds. The molecule has 1 aromatic heterocycles. The molecule has 1 saturated heterocycles. The first-order valence-electron chi connectivity index (χ1n) is 6.98. The predicted octanol–water partition coefficient (Wildman–Crippen LogP) is -0.617. The Hall–Kier alpha value is -1.51. The van der Waals surface area contributed by atoms with Gasteiger partial charge < -0.3 is 4.74 Å². The van der Waals surface area contributed by atoms with Crippen LogP contribution in [0.3, 0.4) is 0 Å². The molecule has 1 unspecified atom stereocenters. The number of nitrogens with one attached hydrogen (secondary N) is 1. The third-order valence-corrected chi connectivity index (χ3v) is 3.48. The largest absolute Gasteiger partial charge is 0.377 e. The molecule has 8 heteroatoms. The highest BCUT2D eigenvalue weighted by Crippen LogP contribution is 2.13. The molecule has 0 spiro atoms. The topological polar surface area (TPSA) is 98.3 Å². The number of amides is 1. The summed E-state index contributed by atoms with van der Waals surface area (Å²) in [5.41, 5.74) is 2.27. The first kappa shape index (κ1) is 14.9. The van der Waals surface area contributed by atoms with Gasteiger partial charge in [-0.15, -0.1) is 5.10 Å². The molecule has 1 fully saturated rings. The highest BCUT2D eigenvalue weighted by atomic mass is 16.5. The first-order valence-corrected chi connectivity index (χ1v) is 6.98. The van der Waals surface area contributed by atoms with Crippen LogP contribution in [0.15, 0.2) is 6.20 Å². The zero-order chi connectivity index (χ0) is 14.4. The zero-order valence-corrected chi connectivity index (χ0v) is 11.8. The average Bonchev–Trinajstić information content (AvgIpc) is 3.13. The van der Waals surface area contributed by atoms with Crippen molar-refractivity contribution in [2.45, 2.75) is 32.4 Å². The number of carbonyl (C=O) groups is 1. The molecule has 1 aliphatic rings. The molecule has 0 aliphatic carbocycles. The number of ether oxygens (including phenoxy) is 1. The number of hydrogen-bond acceptors (Lipinski definition) is 6. The molecule has 8 nitrogen and oxygen atoms in total. The van der Waals surface area contributed by atoms with Crippen molar-refractivity contribution in [3.05, 3.63) is 11.9 Å². The van der Waals surface area contributed by atoms with E-state index in [1.54, 1.807) is 10.9 Å². The van der Waals surface area contributed by atoms with Crippen LogP contribution in [0, 0.1) is 0 Å². The van der Waals surface area contributed by atoms with Crippen LogP contribution < -0.4 is 11.3 Å². The van der Waals surface area contributed by atoms with Gasteiger partial charge in [0.2, 0.25) is 0 Å². The van der Waals surface area contributed by atoms with Gasteiger partial charge in [0, 0.05) is 19.7 Å². The Morgan fingerprint density at radius 1 is 1.70 bits per heavy atom. The summed E-state index contributed by atoms with van der Waals surface area (Å²) in [6.07, 6.45) is 4.25. The van der Waals surface area contributed by atoms with E-state index >= 15 is 0 Å². The fourth-order valence-corrected chi connectivity index (χ4v) is 2.28. The van der Waals surface area contributed by atoms with Gasteiger partial charge in [-0.25, -0.2) is 5.84 Å². The van der Waals surface area contributed by atoms with Crippen molar-refractivity contribution in [2.24, 2.45) is 5.84 Å². The highest BCUT2D eigenvalue weighted by Gasteiger charge is 2.18. The number of hydrazine groups is 1. The Morgan fingerprint density at radius 2 is 2.55 bits per heavy atom. The summed E-state index contributed by atoms with van der Waals surface area (Å²) in [5, 5.41) is 7.69. The van der Waals surface area contributed by atoms with Crippen LogP contribution in [-0.4, -0.2) is 58.1 Å². The van der Waals surface area contributed by atoms with Gasteiger partial charge in [-0.05, 0) is 19.4 Å². The number of hydrogen-bond donors (Lipinski definition) is 2. The van der Waals surface area contributed by atoms with Gasteiger partial charge in [0.15, 0.2) is 5.69 Å². The number of nitrogens with two attached hydrogens (primary N) is 1. The molecule has 1 aromatic rings. The molecular weight excluding hydrogens is 260 g/mol. The summed E-state index contributed by atoms with van der Waals surface area (Å²) >= 11 is 0. The quantitative estimate of drug-likeness (QED) is 0.393. The molecular formula is C12H22N6O2. The average molecular weight is 282 g/mol. The van der Waals surface area contributed by atoms with E-state index in [2.05, 4.69) is 22.1 Å². The molecule has 3 N–H and O–H groups in total. The molecule has 112 valence electrons. The normalized spacial score (nSPS) is 18.6. The van der Waals surface area contributed by atoms with Crippen LogP contribution >= 0.6 is 0 Å². The molecule has 2 rings (SSSR count). The number of carbonyl (C=O) groups excluding carboxylic acids is 1. The molecule has 1 aliphatic heterocycles. The Bertz CT molecular complexity index is 429. The Balaban J connectivity index is 1.80. The van der Waals surface area contributed by atoms with Gasteiger partial charge in [0.1, 0.15) is 0 Å². The maximum Gasteiger partial charge on any atom is 0.287 e. The minimum Gasteiger partial charge on any atom is -0.377 e. The molecule has 0 bridgehead atoms. The van der Waals surface area contributed by atoms with Crippen molar-refractivity contribution in [3.63, 3.8) is 0 Å². The number of rotatable bonds is 7. The monoisotopic (exact) mass is 282 g/mol. The fourth-order valence-electron chi connectivity index (χ4n) is 2.28. The SMILES string of the molecule is CCN(CCn1cc(C(=O)NN)nn1)CC1CCCO1. The van der Waals surface area contributed by atoms with Crippen LogP contribution in [0.1, 0.15) is 30.3 Å². The lowest BCUT2D eigenvalue weighted by Crippen LogP contribution is -2.34. The van der Waals surface area contributed by atoms with Gasteiger partial charge in [0.25, 0.3) is 5.91 Å². The van der Waals surface area contributed by atoms with Crippen molar-refractivity contribution >= 4 is 5.91 Å². The summed E-state index contributed by atoms with van der Waals surface area (Å²) in [7, 11) is 0. The Labute approximate surface area is 118 Å². The molecule has 2 heterocycles. The van der Waals surface area contributed by atoms with E-state index in [-0.39, 0.29) is 5.69 Å². The standard InChI is InChI=1S/C12H22N6O2/c1-2-17(8-10-4-3-7-20-10)5-6-18-9-11(15-16-18)12(19)14-13/h9-10H,2-8,13H2,1H3,(H,14,19). The second-order valence-electron chi connectivity index (χ2n) is 4.87. The van der Waals surface area contributed by atoms with E-state index < -0.39 is 5.91 Å². The predicted molar refractivity (Wildman–Crippen MR) is 72.8 cm³/mol. The van der Waals surface area contributed by atoms with Crippen LogP contribution in [0.4, 0.5) is 0 Å². The number of nitrogens with zero attached hydrogens (tertiary/aromatic N) is 4. The van der Waals surface area contributed by atoms with Crippen LogP contribution in [0.5, 0.6) is 0 Å². The van der Waals surface area contributed by atoms with E-state index in [1.165, 1.54) is 0 Å². The van der Waals surface area contributed by atoms with Gasteiger partial charge in [0.05, 0.1) is 18.8 Å². The Morgan fingerprint density at radius 3 is 3.20 bits per heavy atom.